The number of thiazole rings is 1. The summed E-state index contributed by atoms with van der Waals surface area (Å²) in [6, 6.07) is 15.4. The number of nitrogens with zero attached hydrogens (tertiary/aromatic N) is 2. The largest absolute Gasteiger partial charge is 0.483 e. The van der Waals surface area contributed by atoms with E-state index in [1.807, 2.05) is 42.5 Å². The molecule has 0 aliphatic carbocycles. The molecule has 0 unspecified atom stereocenters. The smallest absolute Gasteiger partial charge is 0.195 e. The molecule has 21 heavy (non-hydrogen) atoms. The van der Waals surface area contributed by atoms with Crippen LogP contribution in [0.25, 0.3) is 10.2 Å². The van der Waals surface area contributed by atoms with Gasteiger partial charge in [-0.2, -0.15) is 5.26 Å². The van der Waals surface area contributed by atoms with E-state index < -0.39 is 0 Å². The normalized spacial score (nSPS) is 10.4. The van der Waals surface area contributed by atoms with Gasteiger partial charge in [0.25, 0.3) is 0 Å². The standard InChI is InChI=1S/C15H11N3OS2/c16-8-15-18-13-6-3-11(7-14(13)21-15)19-9-20-12-4-1-10(17)2-5-12/h1-7H,9,17H2. The Balaban J connectivity index is 1.65. The molecule has 0 spiro atoms. The van der Waals surface area contributed by atoms with E-state index in [2.05, 4.69) is 11.1 Å². The summed E-state index contributed by atoms with van der Waals surface area (Å²) in [6.45, 7) is 0. The molecule has 2 aromatic carbocycles. The number of thioether (sulfide) groups is 1. The predicted octanol–water partition coefficient (Wildman–Crippen LogP) is 3.88. The molecule has 6 heteroatoms. The van der Waals surface area contributed by atoms with E-state index in [-0.39, 0.29) is 0 Å². The van der Waals surface area contributed by atoms with Crippen LogP contribution in [-0.2, 0) is 0 Å². The Morgan fingerprint density at radius 2 is 2.05 bits per heavy atom. The van der Waals surface area contributed by atoms with Crippen molar-refractivity contribution in [2.75, 3.05) is 11.7 Å². The number of fused-ring (bicyclic) bond motifs is 1. The third kappa shape index (κ3) is 3.27. The van der Waals surface area contributed by atoms with Crippen molar-refractivity contribution in [3.8, 4) is 11.8 Å². The van der Waals surface area contributed by atoms with Crippen LogP contribution in [-0.4, -0.2) is 10.9 Å². The SMILES string of the molecule is N#Cc1nc2ccc(OCSc3ccc(N)cc3)cc2s1. The third-order valence-electron chi connectivity index (χ3n) is 2.79. The Labute approximate surface area is 130 Å². The first-order chi connectivity index (χ1) is 10.2. The molecular formula is C15H11N3OS2. The van der Waals surface area contributed by atoms with Gasteiger partial charge in [0.1, 0.15) is 17.8 Å². The van der Waals surface area contributed by atoms with Crippen molar-refractivity contribution in [3.63, 3.8) is 0 Å². The van der Waals surface area contributed by atoms with Crippen LogP contribution in [0.5, 0.6) is 5.75 Å². The Bertz CT molecular complexity index is 806. The van der Waals surface area contributed by atoms with Crippen LogP contribution in [0.15, 0.2) is 47.4 Å². The molecule has 0 bridgehead atoms. The van der Waals surface area contributed by atoms with E-state index in [1.165, 1.54) is 11.3 Å². The molecule has 0 aliphatic rings. The quantitative estimate of drug-likeness (QED) is 0.449. The van der Waals surface area contributed by atoms with Gasteiger partial charge in [-0.15, -0.1) is 11.3 Å². The highest BCUT2D eigenvalue weighted by molar-refractivity contribution is 7.99. The Morgan fingerprint density at radius 1 is 1.24 bits per heavy atom. The van der Waals surface area contributed by atoms with Crippen LogP contribution in [0.3, 0.4) is 0 Å². The molecule has 0 saturated carbocycles. The number of anilines is 1. The van der Waals surface area contributed by atoms with Gasteiger partial charge in [0.2, 0.25) is 0 Å². The molecule has 0 saturated heterocycles. The van der Waals surface area contributed by atoms with Crippen LogP contribution < -0.4 is 10.5 Å². The Hall–Kier alpha value is -2.23. The van der Waals surface area contributed by atoms with Crippen molar-refractivity contribution in [1.29, 1.82) is 5.26 Å². The lowest BCUT2D eigenvalue weighted by Crippen LogP contribution is -1.92. The van der Waals surface area contributed by atoms with Gasteiger partial charge in [0.05, 0.1) is 10.2 Å². The molecule has 1 aromatic heterocycles. The van der Waals surface area contributed by atoms with Crippen LogP contribution in [0.1, 0.15) is 5.01 Å². The summed E-state index contributed by atoms with van der Waals surface area (Å²) in [4.78, 5) is 5.30. The van der Waals surface area contributed by atoms with E-state index >= 15 is 0 Å². The molecule has 3 rings (SSSR count). The number of nitriles is 1. The van der Waals surface area contributed by atoms with Gasteiger partial charge in [-0.05, 0) is 42.5 Å². The number of nitrogen functional groups attached to an aromatic ring is 1. The summed E-state index contributed by atoms with van der Waals surface area (Å²) in [5.74, 6) is 1.29. The maximum Gasteiger partial charge on any atom is 0.195 e. The molecular weight excluding hydrogens is 302 g/mol. The number of hydrogen-bond donors (Lipinski definition) is 1. The van der Waals surface area contributed by atoms with E-state index in [0.29, 0.717) is 10.9 Å². The molecule has 3 aromatic rings. The lowest BCUT2D eigenvalue weighted by atomic mass is 10.3. The van der Waals surface area contributed by atoms with Gasteiger partial charge in [-0.25, -0.2) is 4.98 Å². The summed E-state index contributed by atoms with van der Waals surface area (Å²) >= 11 is 2.97. The molecule has 2 N–H and O–H groups in total. The minimum Gasteiger partial charge on any atom is -0.483 e. The predicted molar refractivity (Wildman–Crippen MR) is 86.5 cm³/mol. The van der Waals surface area contributed by atoms with Gasteiger partial charge in [-0.3, -0.25) is 0 Å². The fraction of sp³-hybridized carbons (Fsp3) is 0.0667. The lowest BCUT2D eigenvalue weighted by molar-refractivity contribution is 0.393. The molecule has 104 valence electrons. The first-order valence-corrected chi connectivity index (χ1v) is 7.96. The summed E-state index contributed by atoms with van der Waals surface area (Å²) in [5.41, 5.74) is 7.23. The Morgan fingerprint density at radius 3 is 2.81 bits per heavy atom. The van der Waals surface area contributed by atoms with Crippen LogP contribution in [0, 0.1) is 11.3 Å². The molecule has 0 amide bonds. The number of hydrogen-bond acceptors (Lipinski definition) is 6. The van der Waals surface area contributed by atoms with Gasteiger partial charge < -0.3 is 10.5 Å². The summed E-state index contributed by atoms with van der Waals surface area (Å²) in [7, 11) is 0. The molecule has 0 atom stereocenters. The second kappa shape index (κ2) is 6.04. The van der Waals surface area contributed by atoms with E-state index in [0.717, 1.165) is 26.5 Å². The average molecular weight is 313 g/mol. The first-order valence-electron chi connectivity index (χ1n) is 6.16. The number of benzene rings is 2. The van der Waals surface area contributed by atoms with Crippen molar-refractivity contribution in [2.45, 2.75) is 4.90 Å². The second-order valence-corrected chi connectivity index (χ2v) is 6.26. The summed E-state index contributed by atoms with van der Waals surface area (Å²) in [6.07, 6.45) is 0. The highest BCUT2D eigenvalue weighted by Crippen LogP contribution is 2.27. The molecule has 0 radical (unpaired) electrons. The van der Waals surface area contributed by atoms with Crippen molar-refractivity contribution in [1.82, 2.24) is 4.98 Å². The lowest BCUT2D eigenvalue weighted by Gasteiger charge is -2.06. The van der Waals surface area contributed by atoms with Gasteiger partial charge in [0.15, 0.2) is 5.01 Å². The van der Waals surface area contributed by atoms with Crippen LogP contribution in [0.2, 0.25) is 0 Å². The van der Waals surface area contributed by atoms with Gasteiger partial charge in [-0.1, -0.05) is 11.8 Å². The van der Waals surface area contributed by atoms with Crippen molar-refractivity contribution in [3.05, 3.63) is 47.5 Å². The monoisotopic (exact) mass is 313 g/mol. The second-order valence-electron chi connectivity index (χ2n) is 4.24. The maximum absolute atomic E-state index is 8.85. The maximum atomic E-state index is 8.85. The zero-order valence-electron chi connectivity index (χ0n) is 10.9. The first kappa shape index (κ1) is 13.7. The van der Waals surface area contributed by atoms with Gasteiger partial charge >= 0.3 is 0 Å². The molecule has 0 aliphatic heterocycles. The van der Waals surface area contributed by atoms with Crippen molar-refractivity contribution in [2.24, 2.45) is 0 Å². The summed E-state index contributed by atoms with van der Waals surface area (Å²) in [5, 5.41) is 9.32. The molecule has 4 nitrogen and oxygen atoms in total. The fourth-order valence-corrected chi connectivity index (χ4v) is 3.22. The number of aromatic nitrogens is 1. The van der Waals surface area contributed by atoms with E-state index in [4.69, 9.17) is 15.7 Å². The zero-order valence-corrected chi connectivity index (χ0v) is 12.6. The van der Waals surface area contributed by atoms with E-state index in [1.54, 1.807) is 11.8 Å². The Kier molecular flexibility index (Phi) is 3.95. The summed E-state index contributed by atoms with van der Waals surface area (Å²) < 4.78 is 6.68. The van der Waals surface area contributed by atoms with Crippen molar-refractivity contribution >= 4 is 39.0 Å². The molecule has 0 fully saturated rings. The highest BCUT2D eigenvalue weighted by Gasteiger charge is 2.04. The topological polar surface area (TPSA) is 71.9 Å². The minimum atomic E-state index is 0.471. The van der Waals surface area contributed by atoms with Crippen LogP contribution >= 0.6 is 23.1 Å². The number of rotatable bonds is 4. The number of nitrogens with two attached hydrogens (primary N) is 1. The van der Waals surface area contributed by atoms with Gasteiger partial charge in [0, 0.05) is 10.6 Å². The molecule has 1 heterocycles. The minimum absolute atomic E-state index is 0.471. The number of ether oxygens (including phenoxy) is 1. The fourth-order valence-electron chi connectivity index (χ4n) is 1.77. The zero-order chi connectivity index (χ0) is 14.7. The average Bonchev–Trinajstić information content (AvgIpc) is 2.91. The highest BCUT2D eigenvalue weighted by atomic mass is 32.2. The van der Waals surface area contributed by atoms with E-state index in [9.17, 15) is 0 Å². The third-order valence-corrected chi connectivity index (χ3v) is 4.55. The van der Waals surface area contributed by atoms with Crippen molar-refractivity contribution < 1.29 is 4.74 Å². The van der Waals surface area contributed by atoms with Crippen LogP contribution in [0.4, 0.5) is 5.69 Å².